The van der Waals surface area contributed by atoms with Crippen LogP contribution in [0, 0.1) is 0 Å². The SMILES string of the molecule is C=C(C)c1nc(CCCC)n(CCCCCC)c1C1=C(C)CCC=C1. The zero-order valence-corrected chi connectivity index (χ0v) is 16.8. The lowest BCUT2D eigenvalue weighted by atomic mass is 9.94. The van der Waals surface area contributed by atoms with Gasteiger partial charge in [-0.25, -0.2) is 4.98 Å². The molecule has 25 heavy (non-hydrogen) atoms. The van der Waals surface area contributed by atoms with E-state index >= 15 is 0 Å². The van der Waals surface area contributed by atoms with Crippen molar-refractivity contribution < 1.29 is 0 Å². The molecule has 2 heteroatoms. The summed E-state index contributed by atoms with van der Waals surface area (Å²) in [6, 6.07) is 0. The Bertz CT molecular complexity index is 643. The van der Waals surface area contributed by atoms with Gasteiger partial charge in [-0.05, 0) is 50.7 Å². The normalized spacial score (nSPS) is 14.4. The van der Waals surface area contributed by atoms with Crippen molar-refractivity contribution in [3.8, 4) is 0 Å². The summed E-state index contributed by atoms with van der Waals surface area (Å²) in [6.45, 7) is 14.2. The number of rotatable bonds is 10. The van der Waals surface area contributed by atoms with E-state index in [1.54, 1.807) is 0 Å². The molecule has 0 N–H and O–H groups in total. The molecule has 1 heterocycles. The minimum atomic E-state index is 1.07. The third kappa shape index (κ3) is 4.96. The first-order valence-electron chi connectivity index (χ1n) is 10.2. The van der Waals surface area contributed by atoms with E-state index in [-0.39, 0.29) is 0 Å². The molecular formula is C23H36N2. The molecule has 0 unspecified atom stereocenters. The van der Waals surface area contributed by atoms with Crippen molar-refractivity contribution in [2.75, 3.05) is 0 Å². The van der Waals surface area contributed by atoms with Gasteiger partial charge in [0.05, 0.1) is 11.4 Å². The van der Waals surface area contributed by atoms with Crippen LogP contribution in [0.3, 0.4) is 0 Å². The average Bonchev–Trinajstić information content (AvgIpc) is 2.96. The van der Waals surface area contributed by atoms with Gasteiger partial charge in [-0.15, -0.1) is 0 Å². The Balaban J connectivity index is 2.46. The lowest BCUT2D eigenvalue weighted by molar-refractivity contribution is 0.555. The highest BCUT2D eigenvalue weighted by atomic mass is 15.1. The quantitative estimate of drug-likeness (QED) is 0.421. The summed E-state index contributed by atoms with van der Waals surface area (Å²) >= 11 is 0. The van der Waals surface area contributed by atoms with E-state index < -0.39 is 0 Å². The maximum absolute atomic E-state index is 5.05. The van der Waals surface area contributed by atoms with E-state index in [0.717, 1.165) is 37.1 Å². The second kappa shape index (κ2) is 9.79. The molecule has 0 spiro atoms. The highest BCUT2D eigenvalue weighted by Crippen LogP contribution is 2.33. The molecular weight excluding hydrogens is 304 g/mol. The first kappa shape index (κ1) is 19.8. The van der Waals surface area contributed by atoms with Crippen LogP contribution in [0.2, 0.25) is 0 Å². The van der Waals surface area contributed by atoms with Crippen molar-refractivity contribution in [1.29, 1.82) is 0 Å². The zero-order chi connectivity index (χ0) is 18.2. The Kier molecular flexibility index (Phi) is 7.74. The Morgan fingerprint density at radius 1 is 1.16 bits per heavy atom. The van der Waals surface area contributed by atoms with Gasteiger partial charge >= 0.3 is 0 Å². The molecule has 2 rings (SSSR count). The minimum Gasteiger partial charge on any atom is -0.327 e. The largest absolute Gasteiger partial charge is 0.327 e. The van der Waals surface area contributed by atoms with E-state index in [2.05, 4.69) is 51.0 Å². The molecule has 0 radical (unpaired) electrons. The molecule has 1 aliphatic rings. The number of hydrogen-bond acceptors (Lipinski definition) is 1. The van der Waals surface area contributed by atoms with Crippen molar-refractivity contribution in [2.45, 2.75) is 92.0 Å². The van der Waals surface area contributed by atoms with Gasteiger partial charge in [0.15, 0.2) is 0 Å². The molecule has 1 aliphatic carbocycles. The third-order valence-corrected chi connectivity index (χ3v) is 5.13. The predicted octanol–water partition coefficient (Wildman–Crippen LogP) is 6.96. The topological polar surface area (TPSA) is 17.8 Å². The Morgan fingerprint density at radius 3 is 2.56 bits per heavy atom. The van der Waals surface area contributed by atoms with E-state index in [1.807, 2.05) is 0 Å². The number of aryl methyl sites for hydroxylation is 1. The van der Waals surface area contributed by atoms with Crippen molar-refractivity contribution in [3.05, 3.63) is 41.5 Å². The smallest absolute Gasteiger partial charge is 0.109 e. The molecule has 2 nitrogen and oxygen atoms in total. The van der Waals surface area contributed by atoms with Crippen molar-refractivity contribution in [1.82, 2.24) is 9.55 Å². The Labute approximate surface area is 154 Å². The first-order chi connectivity index (χ1) is 12.1. The van der Waals surface area contributed by atoms with Crippen LogP contribution in [-0.2, 0) is 13.0 Å². The van der Waals surface area contributed by atoms with Crippen LogP contribution in [-0.4, -0.2) is 9.55 Å². The predicted molar refractivity (Wildman–Crippen MR) is 111 cm³/mol. The van der Waals surface area contributed by atoms with Gasteiger partial charge in [-0.1, -0.05) is 63.8 Å². The minimum absolute atomic E-state index is 1.07. The van der Waals surface area contributed by atoms with Crippen LogP contribution in [0.25, 0.3) is 11.1 Å². The summed E-state index contributed by atoms with van der Waals surface area (Å²) < 4.78 is 2.52. The van der Waals surface area contributed by atoms with Crippen LogP contribution in [0.4, 0.5) is 0 Å². The number of nitrogens with zero attached hydrogens (tertiary/aromatic N) is 2. The summed E-state index contributed by atoms with van der Waals surface area (Å²) in [6.07, 6.45) is 15.6. The fourth-order valence-corrected chi connectivity index (χ4v) is 3.59. The van der Waals surface area contributed by atoms with E-state index in [1.165, 1.54) is 61.2 Å². The van der Waals surface area contributed by atoms with Crippen molar-refractivity contribution in [3.63, 3.8) is 0 Å². The average molecular weight is 341 g/mol. The molecule has 0 aromatic carbocycles. The number of aromatic nitrogens is 2. The number of allylic oxidation sites excluding steroid dienone is 5. The Morgan fingerprint density at radius 2 is 1.92 bits per heavy atom. The summed E-state index contributed by atoms with van der Waals surface area (Å²) in [5, 5.41) is 0. The van der Waals surface area contributed by atoms with Crippen LogP contribution in [0.1, 0.15) is 96.3 Å². The van der Waals surface area contributed by atoms with Crippen LogP contribution in [0.15, 0.2) is 24.3 Å². The second-order valence-corrected chi connectivity index (χ2v) is 7.46. The molecule has 0 bridgehead atoms. The molecule has 0 aliphatic heterocycles. The molecule has 0 saturated heterocycles. The molecule has 138 valence electrons. The number of imidazole rings is 1. The van der Waals surface area contributed by atoms with E-state index in [4.69, 9.17) is 4.98 Å². The standard InChI is InChI=1S/C23H36N2/c1-6-8-10-13-17-25-21(16-9-7-2)24-22(18(3)4)23(25)20-15-12-11-14-19(20)5/h12,15H,3,6-11,13-14,16-17H2,1-2,4-5H3. The summed E-state index contributed by atoms with van der Waals surface area (Å²) in [5.41, 5.74) is 6.39. The summed E-state index contributed by atoms with van der Waals surface area (Å²) in [4.78, 5) is 5.05. The molecule has 1 aromatic heterocycles. The molecule has 0 saturated carbocycles. The second-order valence-electron chi connectivity index (χ2n) is 7.46. The monoisotopic (exact) mass is 340 g/mol. The van der Waals surface area contributed by atoms with Gasteiger partial charge in [0, 0.05) is 13.0 Å². The van der Waals surface area contributed by atoms with Crippen LogP contribution in [0.5, 0.6) is 0 Å². The highest BCUT2D eigenvalue weighted by molar-refractivity contribution is 5.82. The van der Waals surface area contributed by atoms with Crippen LogP contribution >= 0.6 is 0 Å². The van der Waals surface area contributed by atoms with Gasteiger partial charge in [0.2, 0.25) is 0 Å². The van der Waals surface area contributed by atoms with Gasteiger partial charge in [0.1, 0.15) is 5.82 Å². The molecule has 0 amide bonds. The van der Waals surface area contributed by atoms with Gasteiger partial charge in [0.25, 0.3) is 0 Å². The van der Waals surface area contributed by atoms with Gasteiger partial charge < -0.3 is 4.57 Å². The van der Waals surface area contributed by atoms with Gasteiger partial charge in [-0.3, -0.25) is 0 Å². The number of unbranched alkanes of at least 4 members (excludes halogenated alkanes) is 4. The highest BCUT2D eigenvalue weighted by Gasteiger charge is 2.21. The lowest BCUT2D eigenvalue weighted by Gasteiger charge is -2.18. The maximum atomic E-state index is 5.05. The van der Waals surface area contributed by atoms with Crippen molar-refractivity contribution in [2.24, 2.45) is 0 Å². The zero-order valence-electron chi connectivity index (χ0n) is 16.8. The van der Waals surface area contributed by atoms with E-state index in [0.29, 0.717) is 0 Å². The molecule has 0 fully saturated rings. The summed E-state index contributed by atoms with van der Waals surface area (Å²) in [7, 11) is 0. The van der Waals surface area contributed by atoms with Gasteiger partial charge in [-0.2, -0.15) is 0 Å². The third-order valence-electron chi connectivity index (χ3n) is 5.13. The molecule has 0 atom stereocenters. The Hall–Kier alpha value is -1.57. The summed E-state index contributed by atoms with van der Waals surface area (Å²) in [5.74, 6) is 1.26. The number of hydrogen-bond donors (Lipinski definition) is 0. The van der Waals surface area contributed by atoms with Crippen molar-refractivity contribution >= 4 is 11.1 Å². The maximum Gasteiger partial charge on any atom is 0.109 e. The molecule has 1 aromatic rings. The first-order valence-corrected chi connectivity index (χ1v) is 10.2. The fraction of sp³-hybridized carbons (Fsp3) is 0.609. The van der Waals surface area contributed by atoms with E-state index in [9.17, 15) is 0 Å². The fourth-order valence-electron chi connectivity index (χ4n) is 3.59. The van der Waals surface area contributed by atoms with Crippen LogP contribution < -0.4 is 0 Å². The lowest BCUT2D eigenvalue weighted by Crippen LogP contribution is -2.09.